The molecule has 6 bridgehead atoms. The van der Waals surface area contributed by atoms with Crippen LogP contribution in [0.4, 0.5) is 17.5 Å². The molecule has 0 amide bonds. The number of ether oxygens (including phenoxy) is 6. The van der Waals surface area contributed by atoms with Crippen molar-refractivity contribution in [1.82, 2.24) is 87.2 Å². The third kappa shape index (κ3) is 19.8. The molecule has 0 spiro atoms. The Kier molecular flexibility index (Phi) is 28.7. The molecule has 9 aromatic heterocycles. The van der Waals surface area contributed by atoms with Crippen molar-refractivity contribution in [2.45, 2.75) is 147 Å². The molecule has 9 aliphatic rings. The maximum atomic E-state index is 13.5. The van der Waals surface area contributed by atoms with E-state index in [0.29, 0.717) is 33.1 Å². The van der Waals surface area contributed by atoms with E-state index in [4.69, 9.17) is 229 Å². The standard InChI is InChI=1S/3C22H23Cl2N7O11P2S2/c23-7-1-9-10(2-8(7)24)30(6-28-9)20-14(32)16-11(39-20)3-37-44(36,46)42-17-12(4-38-43(35,45)41-16)40-21(15(17)33)31-19-13(29-22(31)34)18(25)26-5-27-19;23-7-1-9-10(2-8(7)24)30(6-28-9)21-17-14(32)11(39-21)3-37-43(35,45)41-16-12(4-38-44(36,46)42-17)40-20(15(16)33)31-19-13(29-22(31)34)18(25)26-5-27-19;23-7-1-9-10(2-8(7)24)30(6-28-9)20-16-14(32)11(39-20)3-37-44(36,46)42-17-15(33)12(4-38-43(35,45)41-16)40-21(17)31-19-13(29-22(31)34)18(25)26-5-27-19/h3*1-2,5-6,11-12,14-17,20-21,32-33H,3-4H2,(H,29,34)(H,35,45)(H,36,46)(H2,25,26,27)/t3*11-,12-,14-,15-,16-,17-,20-,21-,43?,44?/m111/s1. The van der Waals surface area contributed by atoms with E-state index >= 15 is 0 Å². The Labute approximate surface area is 828 Å². The SMILES string of the molecule is Nc1ncnc2c1[nH]c(=O)n2[C@@H]1O[C@@H]2COP(O)(=S)O[C@@H]3[C@H](O)[C@@H](COP(O)(=S)O[C@@H]1[C@@H]2O)O[C@H]3n1cnc2cc(Cl)c(Cl)cc21.Nc1ncnc2c1[nH]c(=O)n2[C@@H]1O[C@@H]2COP(O)(=S)O[C@@H]3[C@H](O)[C@@H](COP(O)(=S)O[C@H]2[C@H]1O)O[C@H]3n1cnc2cc(Cl)c(Cl)cc21.Nc1ncnc2c1[nH]c(=O)n2[C@@H]1O[C@@H]2COP(O)(=S)O[C@H]3[C@@H](O)[C@H](n4cnc5cc(Cl)c(Cl)cc54)O[C@@H]3COP(=O)(S)O[C@H]2[C@H]1O. The topological polar surface area (TPSA) is 728 Å². The molecule has 744 valence electrons. The number of hydrogen-bond donors (Lipinski definition) is 18. The second kappa shape index (κ2) is 39.0. The molecule has 72 heteroatoms. The predicted molar refractivity (Wildman–Crippen MR) is 501 cm³/mol. The zero-order chi connectivity index (χ0) is 98.1. The highest BCUT2D eigenvalue weighted by Crippen LogP contribution is 2.61. The molecule has 0 saturated carbocycles. The second-order valence-electron chi connectivity index (χ2n) is 31.3. The number of nitrogens with two attached hydrogens (primary N) is 3. The van der Waals surface area contributed by atoms with Gasteiger partial charge in [0.2, 0.25) is 0 Å². The third-order valence-electron chi connectivity index (χ3n) is 22.9. The van der Waals surface area contributed by atoms with Crippen molar-refractivity contribution in [1.29, 1.82) is 0 Å². The number of nitrogens with zero attached hydrogens (tertiary/aromatic N) is 15. The van der Waals surface area contributed by atoms with E-state index in [0.717, 1.165) is 32.7 Å². The van der Waals surface area contributed by atoms with Gasteiger partial charge in [-0.25, -0.2) is 77.5 Å². The summed E-state index contributed by atoms with van der Waals surface area (Å²) < 4.78 is 124. The molecule has 12 aromatic rings. The van der Waals surface area contributed by atoms with Crippen molar-refractivity contribution in [3.63, 3.8) is 0 Å². The molecular weight excluding hydrogens is 2210 g/mol. The smallest absolute Gasteiger partial charge is 0.386 e. The number of hydrogen-bond acceptors (Lipinski definition) is 45. The molecule has 20 N–H and O–H groups in total. The van der Waals surface area contributed by atoms with Gasteiger partial charge in [0.25, 0.3) is 0 Å². The van der Waals surface area contributed by atoms with Crippen molar-refractivity contribution >= 4 is 265 Å². The van der Waals surface area contributed by atoms with Gasteiger partial charge in [0.1, 0.15) is 145 Å². The maximum absolute atomic E-state index is 13.5. The molecule has 0 radical (unpaired) electrons. The quantitative estimate of drug-likeness (QED) is 0.0838. The zero-order valence-electron chi connectivity index (χ0n) is 68.3. The molecule has 30 atom stereocenters. The minimum atomic E-state index is -4.34. The Morgan fingerprint density at radius 2 is 0.594 bits per heavy atom. The highest BCUT2D eigenvalue weighted by Gasteiger charge is 2.58. The van der Waals surface area contributed by atoms with Crippen LogP contribution >= 0.6 is 122 Å². The van der Waals surface area contributed by atoms with E-state index in [1.807, 2.05) is 0 Å². The Morgan fingerprint density at radius 3 is 0.935 bits per heavy atom. The molecule has 54 nitrogen and oxygen atoms in total. The number of rotatable bonds is 6. The Morgan fingerprint density at radius 1 is 0.341 bits per heavy atom. The van der Waals surface area contributed by atoms with E-state index < -0.39 is 244 Å². The number of aromatic nitrogens is 18. The van der Waals surface area contributed by atoms with Gasteiger partial charge in [-0.3, -0.25) is 31.7 Å². The molecule has 0 aliphatic carbocycles. The minimum absolute atomic E-state index is 0.000936. The van der Waals surface area contributed by atoms with Crippen molar-refractivity contribution in [3.05, 3.63) is 136 Å². The Bertz CT molecular complexity index is 7330. The van der Waals surface area contributed by atoms with Crippen LogP contribution in [0.1, 0.15) is 37.4 Å². The van der Waals surface area contributed by atoms with Crippen molar-refractivity contribution < 1.29 is 142 Å². The lowest BCUT2D eigenvalue weighted by Gasteiger charge is -2.29. The van der Waals surface area contributed by atoms with Crippen LogP contribution in [-0.2, 0) is 146 Å². The average Bonchev–Trinajstić information content (AvgIpc) is 1.56. The number of nitrogens with one attached hydrogen (secondary N) is 3. The predicted octanol–water partition coefficient (Wildman–Crippen LogP) is 3.30. The van der Waals surface area contributed by atoms with Gasteiger partial charge in [0, 0.05) is 0 Å². The third-order valence-corrected chi connectivity index (χ3v) is 34.4. The summed E-state index contributed by atoms with van der Waals surface area (Å²) in [6.45, 7) is -28.8. The van der Waals surface area contributed by atoms with Gasteiger partial charge in [-0.05, 0) is 95.4 Å². The highest BCUT2D eigenvalue weighted by atomic mass is 35.5. The number of nitrogen functional groups attached to an aromatic ring is 3. The fourth-order valence-corrected chi connectivity index (χ4v) is 26.1. The first-order chi connectivity index (χ1) is 65.2. The van der Waals surface area contributed by atoms with Gasteiger partial charge in [-0.2, -0.15) is 0 Å². The van der Waals surface area contributed by atoms with Crippen LogP contribution in [0, 0.1) is 0 Å². The highest BCUT2D eigenvalue weighted by molar-refractivity contribution is 8.44. The summed E-state index contributed by atoms with van der Waals surface area (Å²) in [7, 11) is 0. The molecule has 3 aromatic carbocycles. The number of halogens is 6. The van der Waals surface area contributed by atoms with Gasteiger partial charge < -0.3 is 152 Å². The van der Waals surface area contributed by atoms with Gasteiger partial charge in [0.15, 0.2) is 71.8 Å². The monoisotopic (exact) mass is 2270 g/mol. The first-order valence-corrected chi connectivity index (χ1v) is 57.6. The van der Waals surface area contributed by atoms with E-state index in [-0.39, 0.29) is 81.1 Å². The fraction of sp³-hybridized carbons (Fsp3) is 0.455. The summed E-state index contributed by atoms with van der Waals surface area (Å²) in [5, 5.41) is 69.0. The van der Waals surface area contributed by atoms with Crippen LogP contribution in [0.5, 0.6) is 0 Å². The van der Waals surface area contributed by atoms with Crippen LogP contribution in [0.3, 0.4) is 0 Å². The van der Waals surface area contributed by atoms with Crippen LogP contribution < -0.4 is 34.3 Å². The van der Waals surface area contributed by atoms with Gasteiger partial charge in [-0.15, -0.1) is 0 Å². The number of aliphatic hydroxyl groups is 6. The maximum Gasteiger partial charge on any atom is 0.386 e. The number of anilines is 3. The van der Waals surface area contributed by atoms with E-state index in [1.165, 1.54) is 69.1 Å². The van der Waals surface area contributed by atoms with E-state index in [9.17, 15) is 74.1 Å². The number of aromatic amines is 3. The average molecular weight is 2280 g/mol. The van der Waals surface area contributed by atoms with Crippen LogP contribution in [0.2, 0.25) is 30.1 Å². The molecule has 9 saturated heterocycles. The molecule has 21 rings (SSSR count). The summed E-state index contributed by atoms with van der Waals surface area (Å²) in [5.41, 5.74) is 18.3. The minimum Gasteiger partial charge on any atom is -0.387 e. The van der Waals surface area contributed by atoms with Crippen molar-refractivity contribution in [2.24, 2.45) is 0 Å². The number of benzene rings is 3. The molecule has 9 aliphatic heterocycles. The molecular formula is C66H69Cl6N21O33P6S6. The summed E-state index contributed by atoms with van der Waals surface area (Å²) in [5.74, 6) is -0.0930. The summed E-state index contributed by atoms with van der Waals surface area (Å²) >= 11 is 67.3. The normalized spacial score (nSPS) is 37.2. The van der Waals surface area contributed by atoms with Gasteiger partial charge in [-0.1, -0.05) is 81.9 Å². The lowest BCUT2D eigenvalue weighted by atomic mass is 10.1. The summed E-state index contributed by atoms with van der Waals surface area (Å²) in [6.07, 6.45) is -26.0. The fourth-order valence-electron chi connectivity index (χ4n) is 16.5. The number of H-pyrrole nitrogens is 3. The zero-order valence-corrected chi connectivity index (χ0v) is 83.2. The Balaban J connectivity index is 0.000000132. The second-order valence-corrected chi connectivity index (χ2v) is 50.6. The lowest BCUT2D eigenvalue weighted by molar-refractivity contribution is -0.0621. The number of aliphatic hydroxyl groups excluding tert-OH is 6. The van der Waals surface area contributed by atoms with Gasteiger partial charge >= 0.3 is 57.5 Å². The molecule has 18 heterocycles. The van der Waals surface area contributed by atoms with E-state index in [2.05, 4.69) is 72.1 Å². The number of thiol groups is 1. The number of fused-ring (bicyclic) bond motifs is 15. The molecule has 9 fully saturated rings. The lowest BCUT2D eigenvalue weighted by Crippen LogP contribution is -2.39. The molecule has 6 unspecified atom stereocenters. The van der Waals surface area contributed by atoms with Crippen molar-refractivity contribution in [3.8, 4) is 0 Å². The molecule has 138 heavy (non-hydrogen) atoms. The Hall–Kier alpha value is -5.07. The van der Waals surface area contributed by atoms with E-state index in [1.54, 1.807) is 0 Å². The first kappa shape index (κ1) is 102. The number of imidazole rings is 6. The van der Waals surface area contributed by atoms with Crippen LogP contribution in [0.25, 0.3) is 66.6 Å². The van der Waals surface area contributed by atoms with Crippen LogP contribution in [-0.4, -0.2) is 292 Å². The largest absolute Gasteiger partial charge is 0.387 e. The van der Waals surface area contributed by atoms with Crippen molar-refractivity contribution in [2.75, 3.05) is 56.8 Å². The summed E-state index contributed by atoms with van der Waals surface area (Å²) in [4.78, 5) is 138. The van der Waals surface area contributed by atoms with Gasteiger partial charge in [0.05, 0.1) is 122 Å². The first-order valence-electron chi connectivity index (χ1n) is 39.7. The summed E-state index contributed by atoms with van der Waals surface area (Å²) in [6, 6.07) is 9.20. The van der Waals surface area contributed by atoms with Crippen LogP contribution in [0.15, 0.2) is 88.7 Å².